The first kappa shape index (κ1) is 20.6. The number of thioether (sulfide) groups is 1. The summed E-state index contributed by atoms with van der Waals surface area (Å²) in [4.78, 5) is 40.8. The normalized spacial score (nSPS) is 29.6. The van der Waals surface area contributed by atoms with Gasteiger partial charge in [-0.2, -0.15) is 0 Å². The number of hydrogen-bond acceptors (Lipinski definition) is 6. The number of nitrogens with one attached hydrogen (secondary N) is 2. The fraction of sp³-hybridized carbons (Fsp3) is 0.250. The Morgan fingerprint density at radius 2 is 2.00 bits per heavy atom. The lowest BCUT2D eigenvalue weighted by molar-refractivity contribution is -0.941. The van der Waals surface area contributed by atoms with Crippen molar-refractivity contribution < 1.29 is 19.4 Å². The van der Waals surface area contributed by atoms with Gasteiger partial charge in [0, 0.05) is 17.7 Å². The summed E-state index contributed by atoms with van der Waals surface area (Å²) in [5.74, 6) is 0.276. The molecule has 4 heterocycles. The molecule has 33 heavy (non-hydrogen) atoms. The SMILES string of the molecule is O=C(c1cccs1)[C@@H]1[C@H](c2cccc([N+](=O)[O-])c2)[C@@H]2CSC[NH+]2[C@]12C(=O)Nc1ccccc12. The van der Waals surface area contributed by atoms with Gasteiger partial charge in [-0.1, -0.05) is 48.2 Å². The quantitative estimate of drug-likeness (QED) is 0.342. The van der Waals surface area contributed by atoms with Gasteiger partial charge in [0.2, 0.25) is 5.54 Å². The van der Waals surface area contributed by atoms with Gasteiger partial charge in [-0.3, -0.25) is 19.7 Å². The standard InChI is InChI=1S/C24H19N3O4S2/c28-22(19-9-4-10-33-19)21-20(14-5-3-6-15(11-14)27(30)31)18-12-32-13-26(18)24(21)16-7-1-2-8-17(16)25-23(24)29/h1-11,18,20-21H,12-13H2,(H,25,29)/p+1/t18-,20+,21-,24-/m0/s1. The molecule has 2 saturated heterocycles. The Hall–Kier alpha value is -3.01. The van der Waals surface area contributed by atoms with E-state index in [1.165, 1.54) is 17.4 Å². The fourth-order valence-corrected chi connectivity index (χ4v) is 8.19. The second kappa shape index (κ2) is 7.51. The molecule has 3 aliphatic heterocycles. The van der Waals surface area contributed by atoms with Gasteiger partial charge in [-0.15, -0.1) is 11.3 Å². The van der Waals surface area contributed by atoms with Crippen molar-refractivity contribution >= 4 is 46.2 Å². The predicted molar refractivity (Wildman–Crippen MR) is 127 cm³/mol. The van der Waals surface area contributed by atoms with Crippen LogP contribution in [0.3, 0.4) is 0 Å². The summed E-state index contributed by atoms with van der Waals surface area (Å²) >= 11 is 3.14. The smallest absolute Gasteiger partial charge is 0.291 e. The summed E-state index contributed by atoms with van der Waals surface area (Å²) in [5, 5.41) is 16.4. The van der Waals surface area contributed by atoms with Crippen molar-refractivity contribution in [1.29, 1.82) is 0 Å². The van der Waals surface area contributed by atoms with E-state index in [9.17, 15) is 19.7 Å². The van der Waals surface area contributed by atoms with E-state index in [1.54, 1.807) is 30.0 Å². The van der Waals surface area contributed by atoms with Crippen LogP contribution in [0.4, 0.5) is 11.4 Å². The largest absolute Gasteiger partial charge is 0.320 e. The molecule has 1 aromatic heterocycles. The summed E-state index contributed by atoms with van der Waals surface area (Å²) in [6, 6.07) is 17.8. The van der Waals surface area contributed by atoms with Gasteiger partial charge < -0.3 is 10.2 Å². The molecule has 9 heteroatoms. The molecule has 166 valence electrons. The molecule has 7 nitrogen and oxygen atoms in total. The Morgan fingerprint density at radius 3 is 2.79 bits per heavy atom. The molecule has 3 aromatic rings. The number of para-hydroxylation sites is 1. The van der Waals surface area contributed by atoms with Crippen molar-refractivity contribution in [2.24, 2.45) is 5.92 Å². The lowest BCUT2D eigenvalue weighted by Gasteiger charge is -2.32. The molecule has 1 spiro atoms. The summed E-state index contributed by atoms with van der Waals surface area (Å²) in [5.41, 5.74) is 1.27. The molecule has 1 unspecified atom stereocenters. The molecule has 2 N–H and O–H groups in total. The van der Waals surface area contributed by atoms with E-state index >= 15 is 0 Å². The Kier molecular flexibility index (Phi) is 4.69. The van der Waals surface area contributed by atoms with E-state index in [0.717, 1.165) is 27.5 Å². The third-order valence-corrected chi connectivity index (χ3v) is 9.23. The van der Waals surface area contributed by atoms with Crippen molar-refractivity contribution in [2.75, 3.05) is 16.9 Å². The molecule has 2 aromatic carbocycles. The third-order valence-electron chi connectivity index (χ3n) is 7.24. The number of fused-ring (bicyclic) bond motifs is 4. The van der Waals surface area contributed by atoms with Gasteiger partial charge in [0.05, 0.1) is 27.2 Å². The highest BCUT2D eigenvalue weighted by atomic mass is 32.2. The van der Waals surface area contributed by atoms with Crippen molar-refractivity contribution in [3.63, 3.8) is 0 Å². The number of anilines is 1. The lowest BCUT2D eigenvalue weighted by Crippen LogP contribution is -3.19. The number of quaternary nitrogens is 1. The highest BCUT2D eigenvalue weighted by molar-refractivity contribution is 7.99. The average Bonchev–Trinajstić information content (AvgIpc) is 3.59. The molecule has 0 saturated carbocycles. The van der Waals surface area contributed by atoms with Crippen LogP contribution in [0.2, 0.25) is 0 Å². The van der Waals surface area contributed by atoms with Crippen LogP contribution in [0.15, 0.2) is 66.0 Å². The maximum Gasteiger partial charge on any atom is 0.291 e. The number of nitro benzene ring substituents is 1. The molecule has 2 fully saturated rings. The van der Waals surface area contributed by atoms with Crippen molar-refractivity contribution in [1.82, 2.24) is 0 Å². The number of hydrogen-bond donors (Lipinski definition) is 2. The second-order valence-electron chi connectivity index (χ2n) is 8.65. The van der Waals surface area contributed by atoms with Gasteiger partial charge in [-0.05, 0) is 23.1 Å². The molecule has 3 aliphatic rings. The minimum absolute atomic E-state index is 0.000698. The first-order chi connectivity index (χ1) is 16.0. The van der Waals surface area contributed by atoms with Gasteiger partial charge in [0.15, 0.2) is 5.78 Å². The maximum absolute atomic E-state index is 14.1. The van der Waals surface area contributed by atoms with Crippen LogP contribution in [-0.2, 0) is 10.3 Å². The Morgan fingerprint density at radius 1 is 1.15 bits per heavy atom. The number of nitrogens with zero attached hydrogens (tertiary/aromatic N) is 1. The molecule has 0 aliphatic carbocycles. The molecule has 0 radical (unpaired) electrons. The van der Waals surface area contributed by atoms with Crippen LogP contribution in [0.5, 0.6) is 0 Å². The van der Waals surface area contributed by atoms with Crippen molar-refractivity contribution in [3.8, 4) is 0 Å². The van der Waals surface area contributed by atoms with Crippen LogP contribution in [0, 0.1) is 16.0 Å². The first-order valence-corrected chi connectivity index (χ1v) is 12.7. The number of Topliss-reactive ketones (excluding diaryl/α,β-unsaturated/α-hetero) is 1. The number of benzene rings is 2. The zero-order valence-corrected chi connectivity index (χ0v) is 19.0. The van der Waals surface area contributed by atoms with Gasteiger partial charge in [0.25, 0.3) is 11.6 Å². The topological polar surface area (TPSA) is 93.8 Å². The van der Waals surface area contributed by atoms with Crippen LogP contribution in [0.25, 0.3) is 0 Å². The number of non-ortho nitro benzene ring substituents is 1. The zero-order valence-electron chi connectivity index (χ0n) is 17.4. The maximum atomic E-state index is 14.1. The number of thiophene rings is 1. The number of ketones is 1. The number of amides is 1. The van der Waals surface area contributed by atoms with E-state index in [1.807, 2.05) is 41.8 Å². The summed E-state index contributed by atoms with van der Waals surface area (Å²) < 4.78 is 0. The third kappa shape index (κ3) is 2.79. The molecular formula is C24H20N3O4S2+. The lowest BCUT2D eigenvalue weighted by atomic mass is 9.70. The van der Waals surface area contributed by atoms with Crippen LogP contribution < -0.4 is 10.2 Å². The van der Waals surface area contributed by atoms with E-state index in [0.29, 0.717) is 10.8 Å². The minimum atomic E-state index is -1.07. The predicted octanol–water partition coefficient (Wildman–Crippen LogP) is 3.06. The van der Waals surface area contributed by atoms with Crippen LogP contribution in [0.1, 0.15) is 26.7 Å². The zero-order chi connectivity index (χ0) is 22.7. The van der Waals surface area contributed by atoms with Crippen LogP contribution in [-0.4, -0.2) is 34.3 Å². The van der Waals surface area contributed by atoms with E-state index in [4.69, 9.17) is 0 Å². The highest BCUT2D eigenvalue weighted by Crippen LogP contribution is 2.52. The molecule has 1 amide bonds. The molecule has 6 rings (SSSR count). The molecule has 0 bridgehead atoms. The summed E-state index contributed by atoms with van der Waals surface area (Å²) in [6.07, 6.45) is 0. The highest BCUT2D eigenvalue weighted by Gasteiger charge is 2.73. The van der Waals surface area contributed by atoms with Crippen molar-refractivity contribution in [2.45, 2.75) is 17.5 Å². The average molecular weight is 479 g/mol. The number of nitro groups is 1. The fourth-order valence-electron chi connectivity index (χ4n) is 6.04. The van der Waals surface area contributed by atoms with E-state index in [2.05, 4.69) is 5.32 Å². The summed E-state index contributed by atoms with van der Waals surface area (Å²) in [7, 11) is 0. The minimum Gasteiger partial charge on any atom is -0.320 e. The molecular weight excluding hydrogens is 458 g/mol. The van der Waals surface area contributed by atoms with E-state index < -0.39 is 16.4 Å². The van der Waals surface area contributed by atoms with Crippen LogP contribution >= 0.6 is 23.1 Å². The van der Waals surface area contributed by atoms with E-state index in [-0.39, 0.29) is 29.3 Å². The van der Waals surface area contributed by atoms with Gasteiger partial charge in [-0.25, -0.2) is 0 Å². The number of rotatable bonds is 4. The second-order valence-corrected chi connectivity index (χ2v) is 10.6. The number of carbonyl (C=O) groups excluding carboxylic acids is 2. The summed E-state index contributed by atoms with van der Waals surface area (Å²) in [6.45, 7) is 0. The number of carbonyl (C=O) groups is 2. The Labute approximate surface area is 197 Å². The first-order valence-electron chi connectivity index (χ1n) is 10.7. The van der Waals surface area contributed by atoms with Crippen molar-refractivity contribution in [3.05, 3.63) is 92.2 Å². The van der Waals surface area contributed by atoms with Gasteiger partial charge >= 0.3 is 0 Å². The Balaban J connectivity index is 1.62. The monoisotopic (exact) mass is 478 g/mol. The molecule has 5 atom stereocenters. The Bertz CT molecular complexity index is 1290. The van der Waals surface area contributed by atoms with Gasteiger partial charge in [0.1, 0.15) is 17.8 Å².